The van der Waals surface area contributed by atoms with Gasteiger partial charge in [0.25, 0.3) is 16.7 Å². The van der Waals surface area contributed by atoms with Gasteiger partial charge in [0.05, 0.1) is 12.4 Å². The number of rotatable bonds is 2. The van der Waals surface area contributed by atoms with E-state index in [1.54, 1.807) is 12.1 Å². The van der Waals surface area contributed by atoms with Gasteiger partial charge in [-0.1, -0.05) is 28.1 Å². The van der Waals surface area contributed by atoms with Gasteiger partial charge in [0, 0.05) is 12.1 Å². The van der Waals surface area contributed by atoms with Gasteiger partial charge in [0.2, 0.25) is 0 Å². The smallest absolute Gasteiger partial charge is 0.411 e. The highest BCUT2D eigenvalue weighted by Crippen LogP contribution is 2.12. The summed E-state index contributed by atoms with van der Waals surface area (Å²) in [7, 11) is 1.16. The van der Waals surface area contributed by atoms with E-state index in [1.807, 2.05) is 0 Å². The van der Waals surface area contributed by atoms with Crippen LogP contribution in [0.4, 0.5) is 0 Å². The van der Waals surface area contributed by atoms with Gasteiger partial charge in [-0.3, -0.25) is 0 Å². The molecule has 0 amide bonds. The Balaban J connectivity index is 2.92. The van der Waals surface area contributed by atoms with E-state index in [2.05, 4.69) is 20.7 Å². The van der Waals surface area contributed by atoms with Gasteiger partial charge in [-0.15, -0.1) is 4.73 Å². The minimum Gasteiger partial charge on any atom is -0.618 e. The molecule has 1 aromatic heterocycles. The van der Waals surface area contributed by atoms with Crippen LogP contribution >= 0.6 is 15.9 Å². The molecule has 0 saturated carbocycles. The van der Waals surface area contributed by atoms with Crippen molar-refractivity contribution in [3.05, 3.63) is 46.1 Å². The summed E-state index contributed by atoms with van der Waals surface area (Å²) in [6.07, 6.45) is 0. The van der Waals surface area contributed by atoms with Crippen LogP contribution in [0.2, 0.25) is 0 Å². The van der Waals surface area contributed by atoms with Crippen LogP contribution in [-0.2, 0) is 10.1 Å². The van der Waals surface area contributed by atoms with Crippen LogP contribution in [0, 0.1) is 10.4 Å². The number of ether oxygens (including phenoxy) is 1. The number of carbonyl (C=O) groups excluding carboxylic acids is 1. The molecule has 0 radical (unpaired) electrons. The van der Waals surface area contributed by atoms with Crippen molar-refractivity contribution in [2.24, 2.45) is 0 Å². The van der Waals surface area contributed by atoms with Gasteiger partial charge in [-0.25, -0.2) is 4.79 Å². The van der Waals surface area contributed by atoms with Crippen LogP contribution in [-0.4, -0.2) is 13.1 Å². The molecule has 0 saturated heterocycles. The van der Waals surface area contributed by atoms with Crippen LogP contribution in [0.25, 0.3) is 11.0 Å². The van der Waals surface area contributed by atoms with E-state index in [1.165, 1.54) is 12.1 Å². The van der Waals surface area contributed by atoms with E-state index in [0.717, 1.165) is 7.11 Å². The number of aromatic nitrogens is 2. The van der Waals surface area contributed by atoms with Gasteiger partial charge >= 0.3 is 11.7 Å². The Morgan fingerprint density at radius 2 is 1.83 bits per heavy atom. The molecule has 0 aliphatic heterocycles. The first-order valence-corrected chi connectivity index (χ1v) is 6.15. The Morgan fingerprint density at radius 3 is 2.33 bits per heavy atom. The summed E-state index contributed by atoms with van der Waals surface area (Å²) in [5, 5.41) is 24.3. The number of esters is 1. The monoisotopic (exact) mass is 312 g/mol. The highest BCUT2D eigenvalue weighted by atomic mass is 79.9. The minimum absolute atomic E-state index is 0.0237. The van der Waals surface area contributed by atoms with Crippen molar-refractivity contribution in [1.82, 2.24) is 0 Å². The molecule has 1 heterocycles. The first-order chi connectivity index (χ1) is 8.61. The molecule has 94 valence electrons. The zero-order chi connectivity index (χ0) is 13.3. The maximum absolute atomic E-state index is 12.1. The highest BCUT2D eigenvalue weighted by Gasteiger charge is 2.33. The summed E-state index contributed by atoms with van der Waals surface area (Å²) < 4.78 is 5.51. The molecule has 0 spiro atoms. The fraction of sp³-hybridized carbons (Fsp3) is 0.182. The highest BCUT2D eigenvalue weighted by molar-refractivity contribution is 9.08. The number of nitrogens with zero attached hydrogens (tertiary/aromatic N) is 2. The minimum atomic E-state index is -0.838. The number of hydrogen-bond donors (Lipinski definition) is 0. The number of para-hydroxylation sites is 2. The fourth-order valence-corrected chi connectivity index (χ4v) is 2.20. The lowest BCUT2D eigenvalue weighted by molar-refractivity contribution is -0.635. The number of benzene rings is 1. The molecule has 7 heteroatoms. The first kappa shape index (κ1) is 12.6. The molecule has 6 nitrogen and oxygen atoms in total. The van der Waals surface area contributed by atoms with Crippen LogP contribution in [0.5, 0.6) is 0 Å². The molecule has 18 heavy (non-hydrogen) atoms. The standard InChI is InChI=1S/C11H9BrN2O4/c1-18-11(15)10-9(6-12)13(16)7-4-2-3-5-8(7)14(10)17/h2-5H,6H2,1H3. The molecular formula is C11H9BrN2O4. The lowest BCUT2D eigenvalue weighted by atomic mass is 10.2. The van der Waals surface area contributed by atoms with Crippen molar-refractivity contribution >= 4 is 32.9 Å². The third-order valence-electron chi connectivity index (χ3n) is 2.55. The Kier molecular flexibility index (Phi) is 3.33. The van der Waals surface area contributed by atoms with Crippen molar-refractivity contribution in [3.8, 4) is 0 Å². The Bertz CT molecular complexity index is 630. The molecule has 1 aromatic carbocycles. The third-order valence-corrected chi connectivity index (χ3v) is 3.08. The molecule has 0 N–H and O–H groups in total. The van der Waals surface area contributed by atoms with Crippen LogP contribution in [0.1, 0.15) is 16.2 Å². The van der Waals surface area contributed by atoms with Crippen LogP contribution < -0.4 is 9.46 Å². The Morgan fingerprint density at radius 1 is 1.28 bits per heavy atom. The molecule has 0 atom stereocenters. The predicted molar refractivity (Wildman–Crippen MR) is 65.8 cm³/mol. The summed E-state index contributed by atoms with van der Waals surface area (Å²) >= 11 is 3.10. The van der Waals surface area contributed by atoms with Crippen molar-refractivity contribution in [2.45, 2.75) is 5.33 Å². The molecule has 0 unspecified atom stereocenters. The maximum atomic E-state index is 12.1. The summed E-state index contributed by atoms with van der Waals surface area (Å²) in [6.45, 7) is 0. The molecule has 0 bridgehead atoms. The Hall–Kier alpha value is -1.89. The lowest BCUT2D eigenvalue weighted by Gasteiger charge is -2.10. The first-order valence-electron chi connectivity index (χ1n) is 5.02. The zero-order valence-electron chi connectivity index (χ0n) is 9.42. The number of halogens is 1. The van der Waals surface area contributed by atoms with Gasteiger partial charge < -0.3 is 15.2 Å². The van der Waals surface area contributed by atoms with Gasteiger partial charge in [-0.05, 0) is 0 Å². The molecular weight excluding hydrogens is 304 g/mol. The molecule has 0 aliphatic carbocycles. The lowest BCUT2D eigenvalue weighted by Crippen LogP contribution is -2.47. The van der Waals surface area contributed by atoms with Crippen LogP contribution in [0.15, 0.2) is 24.3 Å². The van der Waals surface area contributed by atoms with E-state index in [4.69, 9.17) is 0 Å². The third kappa shape index (κ3) is 1.76. The second-order valence-corrected chi connectivity index (χ2v) is 4.06. The second-order valence-electron chi connectivity index (χ2n) is 3.50. The average molecular weight is 313 g/mol. The topological polar surface area (TPSA) is 80.2 Å². The summed E-state index contributed by atoms with van der Waals surface area (Å²) in [5.74, 6) is -0.838. The molecule has 0 aliphatic rings. The number of alkyl halides is 1. The predicted octanol–water partition coefficient (Wildman–Crippen LogP) is 0.788. The van der Waals surface area contributed by atoms with E-state index in [9.17, 15) is 15.2 Å². The Labute approximate surface area is 111 Å². The summed E-state index contributed by atoms with van der Waals surface area (Å²) in [6, 6.07) is 6.25. The molecule has 2 rings (SSSR count). The van der Waals surface area contributed by atoms with Gasteiger partial charge in [0.15, 0.2) is 0 Å². The number of fused-ring (bicyclic) bond motifs is 1. The van der Waals surface area contributed by atoms with Crippen molar-refractivity contribution in [1.29, 1.82) is 0 Å². The summed E-state index contributed by atoms with van der Waals surface area (Å²) in [4.78, 5) is 11.6. The maximum Gasteiger partial charge on any atom is 0.411 e. The number of carbonyl (C=O) groups is 1. The fourth-order valence-electron chi connectivity index (χ4n) is 1.70. The number of hydrogen-bond acceptors (Lipinski definition) is 4. The van der Waals surface area contributed by atoms with Crippen molar-refractivity contribution in [2.75, 3.05) is 7.11 Å². The van der Waals surface area contributed by atoms with E-state index < -0.39 is 5.97 Å². The van der Waals surface area contributed by atoms with Crippen LogP contribution in [0.3, 0.4) is 0 Å². The quantitative estimate of drug-likeness (QED) is 0.355. The van der Waals surface area contributed by atoms with Gasteiger partial charge in [0.1, 0.15) is 0 Å². The van der Waals surface area contributed by atoms with Crippen molar-refractivity contribution in [3.63, 3.8) is 0 Å². The molecule has 0 fully saturated rings. The summed E-state index contributed by atoms with van der Waals surface area (Å²) in [5.41, 5.74) is 0.0471. The normalized spacial score (nSPS) is 10.6. The van der Waals surface area contributed by atoms with E-state index >= 15 is 0 Å². The van der Waals surface area contributed by atoms with E-state index in [0.29, 0.717) is 9.46 Å². The number of methoxy groups -OCH3 is 1. The van der Waals surface area contributed by atoms with Crippen molar-refractivity contribution < 1.29 is 19.0 Å². The van der Waals surface area contributed by atoms with E-state index in [-0.39, 0.29) is 27.8 Å². The van der Waals surface area contributed by atoms with Gasteiger partial charge in [-0.2, -0.15) is 4.73 Å². The largest absolute Gasteiger partial charge is 0.618 e. The SMILES string of the molecule is COC(=O)c1c(CBr)[n+]([O-])c2ccccc2[n+]1[O-]. The zero-order valence-corrected chi connectivity index (χ0v) is 11.0. The molecule has 2 aromatic rings. The second kappa shape index (κ2) is 4.77. The average Bonchev–Trinajstić information content (AvgIpc) is 2.41.